The van der Waals surface area contributed by atoms with Gasteiger partial charge >= 0.3 is 18.1 Å². The molecule has 232 valence electrons. The van der Waals surface area contributed by atoms with Crippen molar-refractivity contribution in [1.82, 2.24) is 9.78 Å². The van der Waals surface area contributed by atoms with Gasteiger partial charge in [-0.1, -0.05) is 17.7 Å². The molecule has 0 spiro atoms. The number of esters is 2. The monoisotopic (exact) mass is 644 g/mol. The van der Waals surface area contributed by atoms with Crippen molar-refractivity contribution in [2.45, 2.75) is 45.5 Å². The summed E-state index contributed by atoms with van der Waals surface area (Å²) in [6, 6.07) is 1.70. The SMILES string of the molecule is CCOC(=O)c1sc(NC(=O)c2nn3c(c2Cl)N[C@H](c2ccc(OC)c(OC)c2)C[C@H]3C(F)(F)F)c(C(=O)OCC)c1C. The van der Waals surface area contributed by atoms with Crippen LogP contribution in [0.25, 0.3) is 0 Å². The number of hydrogen-bond donors (Lipinski definition) is 2. The van der Waals surface area contributed by atoms with Crippen molar-refractivity contribution in [3.63, 3.8) is 0 Å². The van der Waals surface area contributed by atoms with E-state index >= 15 is 0 Å². The van der Waals surface area contributed by atoms with E-state index in [4.69, 9.17) is 30.5 Å². The van der Waals surface area contributed by atoms with E-state index in [1.165, 1.54) is 21.1 Å². The number of carbonyl (C=O) groups excluding carboxylic acids is 3. The third-order valence-electron chi connectivity index (χ3n) is 6.63. The topological polar surface area (TPSA) is 130 Å². The number of nitrogens with zero attached hydrogens (tertiary/aromatic N) is 2. The molecule has 0 fully saturated rings. The van der Waals surface area contributed by atoms with E-state index in [0.29, 0.717) is 21.7 Å². The zero-order chi connectivity index (χ0) is 31.6. The van der Waals surface area contributed by atoms with Crippen molar-refractivity contribution in [3.05, 3.63) is 50.5 Å². The fraction of sp³-hybridized carbons (Fsp3) is 0.407. The maximum Gasteiger partial charge on any atom is 0.410 e. The van der Waals surface area contributed by atoms with Crippen molar-refractivity contribution in [3.8, 4) is 11.5 Å². The molecule has 2 atom stereocenters. The molecule has 2 aromatic heterocycles. The second-order valence-corrected chi connectivity index (χ2v) is 10.6. The van der Waals surface area contributed by atoms with E-state index in [-0.39, 0.29) is 45.1 Å². The third-order valence-corrected chi connectivity index (χ3v) is 8.18. The van der Waals surface area contributed by atoms with Crippen LogP contribution in [0.5, 0.6) is 11.5 Å². The number of benzene rings is 1. The molecule has 0 saturated heterocycles. The first kappa shape index (κ1) is 31.9. The van der Waals surface area contributed by atoms with Gasteiger partial charge in [0.2, 0.25) is 0 Å². The van der Waals surface area contributed by atoms with E-state index in [1.807, 2.05) is 0 Å². The Balaban J connectivity index is 1.73. The highest BCUT2D eigenvalue weighted by molar-refractivity contribution is 7.18. The summed E-state index contributed by atoms with van der Waals surface area (Å²) in [6.07, 6.45) is -5.21. The van der Waals surface area contributed by atoms with E-state index in [9.17, 15) is 27.6 Å². The number of aromatic nitrogens is 2. The summed E-state index contributed by atoms with van der Waals surface area (Å²) < 4.78 is 64.1. The molecule has 0 radical (unpaired) electrons. The largest absolute Gasteiger partial charge is 0.493 e. The van der Waals surface area contributed by atoms with Gasteiger partial charge in [0.15, 0.2) is 23.2 Å². The van der Waals surface area contributed by atoms with Gasteiger partial charge in [-0.3, -0.25) is 4.79 Å². The van der Waals surface area contributed by atoms with Crippen LogP contribution >= 0.6 is 22.9 Å². The third kappa shape index (κ3) is 6.22. The molecule has 2 N–H and O–H groups in total. The standard InChI is InChI=1S/C27H28ClF3N4O7S/c1-6-41-25(37)18-12(3)21(26(38)42-7-2)43-24(18)33-23(36)20-19(28)22-32-14(11-17(27(29,30)31)35(22)34-20)13-8-9-15(39-4)16(10-13)40-5/h8-10,14,17,32H,6-7,11H2,1-5H3,(H,33,36)/t14-,17-/m0/s1. The average molecular weight is 645 g/mol. The Morgan fingerprint density at radius 2 is 1.77 bits per heavy atom. The van der Waals surface area contributed by atoms with Crippen LogP contribution in [0.1, 0.15) is 74.0 Å². The van der Waals surface area contributed by atoms with Crippen LogP contribution in [-0.2, 0) is 9.47 Å². The fourth-order valence-electron chi connectivity index (χ4n) is 4.63. The van der Waals surface area contributed by atoms with Crippen LogP contribution in [0.2, 0.25) is 5.02 Å². The number of fused-ring (bicyclic) bond motifs is 1. The lowest BCUT2D eigenvalue weighted by Crippen LogP contribution is -2.35. The summed E-state index contributed by atoms with van der Waals surface area (Å²) in [5.41, 5.74) is 0.0538. The molecule has 0 saturated carbocycles. The Bertz CT molecular complexity index is 1560. The lowest BCUT2D eigenvalue weighted by atomic mass is 9.96. The van der Waals surface area contributed by atoms with Gasteiger partial charge in [0.1, 0.15) is 20.7 Å². The van der Waals surface area contributed by atoms with Gasteiger partial charge < -0.3 is 29.6 Å². The van der Waals surface area contributed by atoms with Gasteiger partial charge in [-0.15, -0.1) is 11.3 Å². The lowest BCUT2D eigenvalue weighted by molar-refractivity contribution is -0.173. The zero-order valence-corrected chi connectivity index (χ0v) is 25.3. The molecule has 0 unspecified atom stereocenters. The van der Waals surface area contributed by atoms with Crippen molar-refractivity contribution < 1.29 is 46.5 Å². The Morgan fingerprint density at radius 3 is 2.37 bits per heavy atom. The van der Waals surface area contributed by atoms with Crippen LogP contribution in [0.15, 0.2) is 18.2 Å². The number of alkyl halides is 3. The predicted octanol–water partition coefficient (Wildman–Crippen LogP) is 6.19. The molecule has 0 bridgehead atoms. The summed E-state index contributed by atoms with van der Waals surface area (Å²) >= 11 is 7.24. The predicted molar refractivity (Wildman–Crippen MR) is 152 cm³/mol. The Morgan fingerprint density at radius 1 is 1.12 bits per heavy atom. The van der Waals surface area contributed by atoms with Gasteiger partial charge in [-0.2, -0.15) is 18.3 Å². The van der Waals surface area contributed by atoms with Crippen LogP contribution in [0, 0.1) is 6.92 Å². The van der Waals surface area contributed by atoms with E-state index in [1.54, 1.807) is 32.0 Å². The minimum atomic E-state index is -4.74. The molecule has 3 heterocycles. The number of carbonyl (C=O) groups is 3. The summed E-state index contributed by atoms with van der Waals surface area (Å²) in [7, 11) is 2.84. The smallest absolute Gasteiger partial charge is 0.410 e. The van der Waals surface area contributed by atoms with Gasteiger partial charge in [-0.25, -0.2) is 14.3 Å². The molecule has 0 aliphatic carbocycles. The van der Waals surface area contributed by atoms with Gasteiger partial charge in [-0.05, 0) is 44.0 Å². The number of amides is 1. The molecule has 11 nitrogen and oxygen atoms in total. The van der Waals surface area contributed by atoms with Gasteiger partial charge in [0.05, 0.1) is 39.0 Å². The highest BCUT2D eigenvalue weighted by Gasteiger charge is 2.48. The first-order chi connectivity index (χ1) is 20.4. The fourth-order valence-corrected chi connectivity index (χ4v) is 5.98. The van der Waals surface area contributed by atoms with Crippen molar-refractivity contribution in [1.29, 1.82) is 0 Å². The molecule has 3 aromatic rings. The van der Waals surface area contributed by atoms with Crippen LogP contribution < -0.4 is 20.1 Å². The summed E-state index contributed by atoms with van der Waals surface area (Å²) in [5.74, 6) is -2.03. The molecule has 43 heavy (non-hydrogen) atoms. The minimum Gasteiger partial charge on any atom is -0.493 e. The Kier molecular flexibility index (Phi) is 9.44. The van der Waals surface area contributed by atoms with Crippen LogP contribution in [-0.4, -0.2) is 61.2 Å². The van der Waals surface area contributed by atoms with E-state index in [0.717, 1.165) is 11.3 Å². The molecule has 16 heteroatoms. The number of halogens is 4. The van der Waals surface area contributed by atoms with Gasteiger partial charge in [0.25, 0.3) is 5.91 Å². The first-order valence-electron chi connectivity index (χ1n) is 13.0. The Hall–Kier alpha value is -3.98. The van der Waals surface area contributed by atoms with Crippen LogP contribution in [0.3, 0.4) is 0 Å². The number of rotatable bonds is 9. The maximum atomic E-state index is 14.3. The molecule has 4 rings (SSSR count). The maximum absolute atomic E-state index is 14.3. The molecule has 1 aromatic carbocycles. The zero-order valence-electron chi connectivity index (χ0n) is 23.7. The molecule has 1 aliphatic heterocycles. The second kappa shape index (κ2) is 12.7. The number of nitrogens with one attached hydrogen (secondary N) is 2. The number of hydrogen-bond acceptors (Lipinski definition) is 10. The quantitative estimate of drug-likeness (QED) is 0.262. The highest BCUT2D eigenvalue weighted by Crippen LogP contribution is 2.47. The van der Waals surface area contributed by atoms with E-state index in [2.05, 4.69) is 15.7 Å². The first-order valence-corrected chi connectivity index (χ1v) is 14.2. The van der Waals surface area contributed by atoms with Crippen molar-refractivity contribution >= 4 is 51.6 Å². The molecular formula is C27H28ClF3N4O7S. The molecular weight excluding hydrogens is 617 g/mol. The normalized spacial score (nSPS) is 16.1. The number of methoxy groups -OCH3 is 2. The Labute approximate surface area is 253 Å². The molecule has 1 aliphatic rings. The van der Waals surface area contributed by atoms with Crippen LogP contribution in [0.4, 0.5) is 24.0 Å². The number of ether oxygens (including phenoxy) is 4. The average Bonchev–Trinajstić information content (AvgIpc) is 3.47. The summed E-state index contributed by atoms with van der Waals surface area (Å²) in [6.45, 7) is 4.76. The summed E-state index contributed by atoms with van der Waals surface area (Å²) in [4.78, 5) is 38.6. The number of anilines is 2. The van der Waals surface area contributed by atoms with Crippen molar-refractivity contribution in [2.24, 2.45) is 0 Å². The van der Waals surface area contributed by atoms with E-state index < -0.39 is 48.2 Å². The molecule has 1 amide bonds. The minimum absolute atomic E-state index is 0.0155. The lowest BCUT2D eigenvalue weighted by Gasteiger charge is -2.33. The highest BCUT2D eigenvalue weighted by atomic mass is 35.5. The number of thiophene rings is 1. The summed E-state index contributed by atoms with van der Waals surface area (Å²) in [5, 5.41) is 8.92. The second-order valence-electron chi connectivity index (χ2n) is 9.22. The van der Waals surface area contributed by atoms with Crippen molar-refractivity contribution in [2.75, 3.05) is 38.1 Å². The van der Waals surface area contributed by atoms with Gasteiger partial charge in [0, 0.05) is 6.42 Å².